The monoisotopic (exact) mass is 373 g/mol. The number of likely N-dealkylation sites (tertiary alicyclic amines) is 1. The van der Waals surface area contributed by atoms with Gasteiger partial charge in [-0.3, -0.25) is 4.90 Å². The van der Waals surface area contributed by atoms with Crippen molar-refractivity contribution in [1.82, 2.24) is 15.5 Å². The fourth-order valence-corrected chi connectivity index (χ4v) is 3.51. The van der Waals surface area contributed by atoms with E-state index in [2.05, 4.69) is 21.6 Å². The smallest absolute Gasteiger partial charge is 0.315 e. The fraction of sp³-hybridized carbons (Fsp3) is 0.476. The van der Waals surface area contributed by atoms with Gasteiger partial charge in [0.15, 0.2) is 0 Å². The van der Waals surface area contributed by atoms with Gasteiger partial charge in [0.2, 0.25) is 0 Å². The van der Waals surface area contributed by atoms with Crippen LogP contribution in [0.25, 0.3) is 0 Å². The van der Waals surface area contributed by atoms with Crippen molar-refractivity contribution in [3.63, 3.8) is 0 Å². The number of benzene rings is 1. The molecule has 1 fully saturated rings. The van der Waals surface area contributed by atoms with Gasteiger partial charge < -0.3 is 15.1 Å². The minimum absolute atomic E-state index is 0.175. The van der Waals surface area contributed by atoms with Crippen molar-refractivity contribution in [3.05, 3.63) is 58.8 Å². The Morgan fingerprint density at radius 3 is 2.52 bits per heavy atom. The lowest BCUT2D eigenvalue weighted by molar-refractivity contribution is 0.174. The number of halogens is 1. The molecule has 0 bridgehead atoms. The molecule has 1 aromatic heterocycles. The number of piperidine rings is 1. The van der Waals surface area contributed by atoms with Gasteiger partial charge in [-0.25, -0.2) is 9.18 Å². The number of carbonyl (C=O) groups excluding carboxylic acids is 1. The second-order valence-electron chi connectivity index (χ2n) is 7.35. The molecule has 0 radical (unpaired) electrons. The van der Waals surface area contributed by atoms with Gasteiger partial charge in [-0.05, 0) is 69.5 Å². The summed E-state index contributed by atoms with van der Waals surface area (Å²) in [5, 5.41) is 5.77. The summed E-state index contributed by atoms with van der Waals surface area (Å²) in [5.41, 5.74) is 2.15. The molecule has 1 aliphatic heterocycles. The standard InChI is InChI=1S/C21H28FN3O2/c1-15-11-19(16(2)27-15)14-25-9-7-18(8-10-25)13-24-21(26)23-12-17-3-5-20(22)6-4-17/h3-6,11,18H,7-10,12-14H2,1-2H3,(H2,23,24,26). The number of nitrogens with one attached hydrogen (secondary N) is 2. The number of aryl methyl sites for hydroxylation is 2. The first kappa shape index (κ1) is 19.4. The molecular formula is C21H28FN3O2. The Hall–Kier alpha value is -2.34. The molecule has 0 spiro atoms. The van der Waals surface area contributed by atoms with Gasteiger partial charge in [0.05, 0.1) is 0 Å². The molecule has 0 atom stereocenters. The minimum atomic E-state index is -0.271. The number of hydrogen-bond donors (Lipinski definition) is 2. The van der Waals surface area contributed by atoms with Crippen LogP contribution in [0.4, 0.5) is 9.18 Å². The average molecular weight is 373 g/mol. The number of rotatable bonds is 6. The molecule has 1 saturated heterocycles. The number of hydrogen-bond acceptors (Lipinski definition) is 3. The van der Waals surface area contributed by atoms with E-state index in [1.54, 1.807) is 12.1 Å². The van der Waals surface area contributed by atoms with E-state index in [0.29, 0.717) is 19.0 Å². The van der Waals surface area contributed by atoms with Crippen LogP contribution in [0.3, 0.4) is 0 Å². The Kier molecular flexibility index (Phi) is 6.50. The maximum Gasteiger partial charge on any atom is 0.315 e. The van der Waals surface area contributed by atoms with Gasteiger partial charge in [-0.1, -0.05) is 12.1 Å². The third kappa shape index (κ3) is 5.82. The van der Waals surface area contributed by atoms with Crippen LogP contribution < -0.4 is 10.6 Å². The van der Waals surface area contributed by atoms with Crippen molar-refractivity contribution in [2.75, 3.05) is 19.6 Å². The first-order valence-corrected chi connectivity index (χ1v) is 9.54. The predicted molar refractivity (Wildman–Crippen MR) is 103 cm³/mol. The Morgan fingerprint density at radius 1 is 1.19 bits per heavy atom. The minimum Gasteiger partial charge on any atom is -0.466 e. The summed E-state index contributed by atoms with van der Waals surface area (Å²) in [6.45, 7) is 8.09. The van der Waals surface area contributed by atoms with Crippen LogP contribution in [0.15, 0.2) is 34.7 Å². The van der Waals surface area contributed by atoms with Crippen LogP contribution in [0.1, 0.15) is 35.5 Å². The van der Waals surface area contributed by atoms with E-state index < -0.39 is 0 Å². The number of amides is 2. The van der Waals surface area contributed by atoms with E-state index in [0.717, 1.165) is 49.6 Å². The van der Waals surface area contributed by atoms with E-state index >= 15 is 0 Å². The lowest BCUT2D eigenvalue weighted by Crippen LogP contribution is -2.41. The van der Waals surface area contributed by atoms with Crippen molar-refractivity contribution in [1.29, 1.82) is 0 Å². The van der Waals surface area contributed by atoms with Gasteiger partial charge in [0, 0.05) is 25.2 Å². The van der Waals surface area contributed by atoms with Crippen LogP contribution >= 0.6 is 0 Å². The van der Waals surface area contributed by atoms with Gasteiger partial charge in [0.25, 0.3) is 0 Å². The van der Waals surface area contributed by atoms with E-state index in [9.17, 15) is 9.18 Å². The normalized spacial score (nSPS) is 15.7. The van der Waals surface area contributed by atoms with Gasteiger partial charge in [-0.15, -0.1) is 0 Å². The molecule has 146 valence electrons. The van der Waals surface area contributed by atoms with Crippen LogP contribution in [0, 0.1) is 25.6 Å². The molecule has 0 aliphatic carbocycles. The summed E-state index contributed by atoms with van der Waals surface area (Å²) in [7, 11) is 0. The topological polar surface area (TPSA) is 57.5 Å². The molecule has 0 saturated carbocycles. The summed E-state index contributed by atoms with van der Waals surface area (Å²) >= 11 is 0. The van der Waals surface area contributed by atoms with Crippen LogP contribution in [-0.4, -0.2) is 30.6 Å². The molecule has 2 N–H and O–H groups in total. The Balaban J connectivity index is 1.33. The highest BCUT2D eigenvalue weighted by molar-refractivity contribution is 5.73. The second kappa shape index (κ2) is 9.04. The molecule has 1 aliphatic rings. The number of urea groups is 1. The van der Waals surface area contributed by atoms with Crippen LogP contribution in [-0.2, 0) is 13.1 Å². The highest BCUT2D eigenvalue weighted by atomic mass is 19.1. The Bertz CT molecular complexity index is 749. The van der Waals surface area contributed by atoms with E-state index in [1.807, 2.05) is 13.8 Å². The highest BCUT2D eigenvalue weighted by Crippen LogP contribution is 2.21. The van der Waals surface area contributed by atoms with Crippen LogP contribution in [0.2, 0.25) is 0 Å². The summed E-state index contributed by atoms with van der Waals surface area (Å²) in [4.78, 5) is 14.4. The van der Waals surface area contributed by atoms with Crippen LogP contribution in [0.5, 0.6) is 0 Å². The maximum absolute atomic E-state index is 12.9. The summed E-state index contributed by atoms with van der Waals surface area (Å²) < 4.78 is 18.5. The predicted octanol–water partition coefficient (Wildman–Crippen LogP) is 3.75. The summed E-state index contributed by atoms with van der Waals surface area (Å²) in [6.07, 6.45) is 2.16. The number of furan rings is 1. The molecule has 6 heteroatoms. The molecule has 2 amide bonds. The zero-order chi connectivity index (χ0) is 19.2. The lowest BCUT2D eigenvalue weighted by atomic mass is 9.96. The molecule has 5 nitrogen and oxygen atoms in total. The molecule has 2 heterocycles. The number of carbonyl (C=O) groups is 1. The first-order valence-electron chi connectivity index (χ1n) is 9.54. The molecular weight excluding hydrogens is 345 g/mol. The molecule has 1 aromatic carbocycles. The van der Waals surface area contributed by atoms with Crippen molar-refractivity contribution < 1.29 is 13.6 Å². The zero-order valence-electron chi connectivity index (χ0n) is 16.1. The molecule has 2 aromatic rings. The maximum atomic E-state index is 12.9. The third-order valence-corrected chi connectivity index (χ3v) is 5.16. The molecule has 0 unspecified atom stereocenters. The number of nitrogens with zero attached hydrogens (tertiary/aromatic N) is 1. The van der Waals surface area contributed by atoms with Crippen molar-refractivity contribution in [3.8, 4) is 0 Å². The van der Waals surface area contributed by atoms with E-state index in [4.69, 9.17) is 4.42 Å². The molecule has 27 heavy (non-hydrogen) atoms. The average Bonchev–Trinajstić information content (AvgIpc) is 2.97. The molecule has 3 rings (SSSR count). The fourth-order valence-electron chi connectivity index (χ4n) is 3.51. The van der Waals surface area contributed by atoms with Gasteiger partial charge in [-0.2, -0.15) is 0 Å². The van der Waals surface area contributed by atoms with Crippen molar-refractivity contribution >= 4 is 6.03 Å². The highest BCUT2D eigenvalue weighted by Gasteiger charge is 2.20. The summed E-state index contributed by atoms with van der Waals surface area (Å²) in [6, 6.07) is 8.09. The first-order chi connectivity index (χ1) is 13.0. The third-order valence-electron chi connectivity index (χ3n) is 5.16. The summed E-state index contributed by atoms with van der Waals surface area (Å²) in [5.74, 6) is 2.21. The zero-order valence-corrected chi connectivity index (χ0v) is 16.1. The van der Waals surface area contributed by atoms with Crippen molar-refractivity contribution in [2.24, 2.45) is 5.92 Å². The second-order valence-corrected chi connectivity index (χ2v) is 7.35. The largest absolute Gasteiger partial charge is 0.466 e. The van der Waals surface area contributed by atoms with E-state index in [1.165, 1.54) is 17.7 Å². The lowest BCUT2D eigenvalue weighted by Gasteiger charge is -2.31. The SMILES string of the molecule is Cc1cc(CN2CCC(CNC(=O)NCc3ccc(F)cc3)CC2)c(C)o1. The Morgan fingerprint density at radius 2 is 1.89 bits per heavy atom. The van der Waals surface area contributed by atoms with Crippen molar-refractivity contribution in [2.45, 2.75) is 39.8 Å². The van der Waals surface area contributed by atoms with E-state index in [-0.39, 0.29) is 11.8 Å². The van der Waals surface area contributed by atoms with Gasteiger partial charge >= 0.3 is 6.03 Å². The van der Waals surface area contributed by atoms with Gasteiger partial charge in [0.1, 0.15) is 17.3 Å². The Labute approximate surface area is 159 Å². The quantitative estimate of drug-likeness (QED) is 0.811.